The number of nitrogens with one attached hydrogen (secondary N) is 1. The second kappa shape index (κ2) is 6.28. The molecule has 0 aliphatic heterocycles. The topological polar surface area (TPSA) is 119 Å². The zero-order valence-corrected chi connectivity index (χ0v) is 9.01. The highest BCUT2D eigenvalue weighted by Gasteiger charge is 2.12. The monoisotopic (exact) mass is 233 g/mol. The first-order chi connectivity index (χ1) is 8.21. The van der Waals surface area contributed by atoms with Gasteiger partial charge in [-0.2, -0.15) is 10.5 Å². The maximum Gasteiger partial charge on any atom is 0.300 e. The van der Waals surface area contributed by atoms with E-state index < -0.39 is 5.91 Å². The number of hydrogen-bond acceptors (Lipinski definition) is 6. The molecule has 1 amide bonds. The highest BCUT2D eigenvalue weighted by atomic mass is 16.4. The highest BCUT2D eigenvalue weighted by Crippen LogP contribution is 2.10. The van der Waals surface area contributed by atoms with Gasteiger partial charge in [0.15, 0.2) is 5.76 Å². The molecule has 0 saturated carbocycles. The summed E-state index contributed by atoms with van der Waals surface area (Å²) >= 11 is 0. The Morgan fingerprint density at radius 2 is 2.06 bits per heavy atom. The van der Waals surface area contributed by atoms with E-state index >= 15 is 0 Å². The largest absolute Gasteiger partial charge is 0.455 e. The second-order valence-electron chi connectivity index (χ2n) is 3.20. The summed E-state index contributed by atoms with van der Waals surface area (Å²) in [4.78, 5) is 12.7. The fraction of sp³-hybridized carbons (Fsp3) is 0.300. The molecule has 1 heterocycles. The van der Waals surface area contributed by atoms with Gasteiger partial charge in [-0.25, -0.2) is 5.84 Å². The molecule has 0 aliphatic carbocycles. The molecule has 0 aliphatic rings. The van der Waals surface area contributed by atoms with Crippen LogP contribution in [0.3, 0.4) is 0 Å². The van der Waals surface area contributed by atoms with Crippen molar-refractivity contribution in [3.05, 3.63) is 23.7 Å². The number of nitriles is 2. The van der Waals surface area contributed by atoms with Crippen molar-refractivity contribution in [3.63, 3.8) is 0 Å². The van der Waals surface area contributed by atoms with Crippen LogP contribution in [0.4, 0.5) is 0 Å². The lowest BCUT2D eigenvalue weighted by atomic mass is 10.3. The van der Waals surface area contributed by atoms with E-state index in [1.807, 2.05) is 17.6 Å². The molecule has 0 aromatic carbocycles. The van der Waals surface area contributed by atoms with Crippen molar-refractivity contribution < 1.29 is 9.21 Å². The molecular weight excluding hydrogens is 222 g/mol. The van der Waals surface area contributed by atoms with Crippen LogP contribution in [-0.2, 0) is 6.54 Å². The van der Waals surface area contributed by atoms with Gasteiger partial charge in [-0.15, -0.1) is 0 Å². The van der Waals surface area contributed by atoms with Crippen LogP contribution in [0.5, 0.6) is 0 Å². The van der Waals surface area contributed by atoms with E-state index in [1.54, 1.807) is 11.0 Å². The lowest BCUT2D eigenvalue weighted by molar-refractivity contribution is 0.0922. The van der Waals surface area contributed by atoms with Crippen molar-refractivity contribution >= 4 is 5.91 Å². The Balaban J connectivity index is 2.68. The van der Waals surface area contributed by atoms with E-state index in [4.69, 9.17) is 20.8 Å². The van der Waals surface area contributed by atoms with Gasteiger partial charge in [-0.3, -0.25) is 15.1 Å². The summed E-state index contributed by atoms with van der Waals surface area (Å²) < 4.78 is 5.21. The van der Waals surface area contributed by atoms with Gasteiger partial charge in [0.25, 0.3) is 0 Å². The lowest BCUT2D eigenvalue weighted by Gasteiger charge is -2.12. The van der Waals surface area contributed by atoms with E-state index in [2.05, 4.69) is 0 Å². The van der Waals surface area contributed by atoms with E-state index in [1.165, 1.54) is 6.07 Å². The van der Waals surface area contributed by atoms with Crippen molar-refractivity contribution in [2.24, 2.45) is 5.84 Å². The molecule has 3 N–H and O–H groups in total. The number of hydrazine groups is 1. The van der Waals surface area contributed by atoms with Gasteiger partial charge in [0.05, 0.1) is 31.8 Å². The Kier molecular flexibility index (Phi) is 4.70. The summed E-state index contributed by atoms with van der Waals surface area (Å²) in [7, 11) is 0. The van der Waals surface area contributed by atoms with Crippen LogP contribution < -0.4 is 11.3 Å². The van der Waals surface area contributed by atoms with Crippen molar-refractivity contribution in [2.45, 2.75) is 6.54 Å². The number of nitrogens with two attached hydrogens (primary N) is 1. The summed E-state index contributed by atoms with van der Waals surface area (Å²) in [6.07, 6.45) is 0. The van der Waals surface area contributed by atoms with Crippen LogP contribution in [-0.4, -0.2) is 23.9 Å². The zero-order valence-electron chi connectivity index (χ0n) is 9.01. The van der Waals surface area contributed by atoms with Crippen LogP contribution in [0.1, 0.15) is 16.3 Å². The minimum atomic E-state index is -0.525. The second-order valence-corrected chi connectivity index (χ2v) is 3.20. The Labute approximate surface area is 98.0 Å². The first kappa shape index (κ1) is 12.7. The van der Waals surface area contributed by atoms with Gasteiger partial charge in [0.1, 0.15) is 5.76 Å². The third-order valence-corrected chi connectivity index (χ3v) is 1.98. The average Bonchev–Trinajstić information content (AvgIpc) is 2.77. The molecule has 0 bridgehead atoms. The van der Waals surface area contributed by atoms with Gasteiger partial charge in [-0.1, -0.05) is 0 Å². The van der Waals surface area contributed by atoms with Gasteiger partial charge < -0.3 is 4.42 Å². The van der Waals surface area contributed by atoms with Gasteiger partial charge in [0, 0.05) is 0 Å². The minimum Gasteiger partial charge on any atom is -0.455 e. The van der Waals surface area contributed by atoms with Crippen LogP contribution in [0.25, 0.3) is 0 Å². The summed E-state index contributed by atoms with van der Waals surface area (Å²) in [6.45, 7) is 0.526. The van der Waals surface area contributed by atoms with Gasteiger partial charge in [0.2, 0.25) is 0 Å². The van der Waals surface area contributed by atoms with Gasteiger partial charge in [-0.05, 0) is 12.1 Å². The maximum atomic E-state index is 11.1. The fourth-order valence-electron chi connectivity index (χ4n) is 1.24. The zero-order chi connectivity index (χ0) is 12.7. The molecule has 1 aromatic rings. The molecule has 7 nitrogen and oxygen atoms in total. The number of furan rings is 1. The summed E-state index contributed by atoms with van der Waals surface area (Å²) in [5.41, 5.74) is 1.95. The van der Waals surface area contributed by atoms with E-state index in [-0.39, 0.29) is 18.8 Å². The number of carbonyl (C=O) groups is 1. The summed E-state index contributed by atoms with van der Waals surface area (Å²) in [6, 6.07) is 6.98. The number of amides is 1. The normalized spacial score (nSPS) is 9.65. The van der Waals surface area contributed by atoms with E-state index in [9.17, 15) is 4.79 Å². The fourth-order valence-corrected chi connectivity index (χ4v) is 1.24. The number of carbonyl (C=O) groups excluding carboxylic acids is 1. The first-order valence-corrected chi connectivity index (χ1v) is 4.77. The predicted molar refractivity (Wildman–Crippen MR) is 56.9 cm³/mol. The molecule has 0 unspecified atom stereocenters. The van der Waals surface area contributed by atoms with Crippen molar-refractivity contribution in [3.8, 4) is 12.1 Å². The maximum absolute atomic E-state index is 11.1. The molecule has 0 saturated heterocycles. The molecule has 1 rings (SSSR count). The quantitative estimate of drug-likeness (QED) is 0.313. The Bertz CT molecular complexity index is 452. The van der Waals surface area contributed by atoms with E-state index in [0.717, 1.165) is 0 Å². The molecule has 88 valence electrons. The Morgan fingerprint density at radius 3 is 2.59 bits per heavy atom. The van der Waals surface area contributed by atoms with Gasteiger partial charge >= 0.3 is 5.91 Å². The first-order valence-electron chi connectivity index (χ1n) is 4.77. The van der Waals surface area contributed by atoms with Crippen molar-refractivity contribution in [1.29, 1.82) is 10.5 Å². The molecule has 0 spiro atoms. The van der Waals surface area contributed by atoms with Crippen LogP contribution in [0.15, 0.2) is 16.5 Å². The average molecular weight is 233 g/mol. The van der Waals surface area contributed by atoms with Crippen LogP contribution in [0, 0.1) is 22.7 Å². The highest BCUT2D eigenvalue weighted by molar-refractivity contribution is 5.90. The molecule has 0 fully saturated rings. The Morgan fingerprint density at radius 1 is 1.41 bits per heavy atom. The van der Waals surface area contributed by atoms with Crippen molar-refractivity contribution in [1.82, 2.24) is 10.3 Å². The number of rotatable bonds is 5. The lowest BCUT2D eigenvalue weighted by Crippen LogP contribution is -2.29. The number of nitrogens with zero attached hydrogens (tertiary/aromatic N) is 3. The van der Waals surface area contributed by atoms with Crippen LogP contribution in [0.2, 0.25) is 0 Å². The van der Waals surface area contributed by atoms with Crippen molar-refractivity contribution in [2.75, 3.05) is 13.1 Å². The third kappa shape index (κ3) is 3.61. The molecule has 0 radical (unpaired) electrons. The third-order valence-electron chi connectivity index (χ3n) is 1.98. The number of nitrogen functional groups attached to an aromatic ring is 1. The minimum absolute atomic E-state index is 0.0939. The smallest absolute Gasteiger partial charge is 0.300 e. The van der Waals surface area contributed by atoms with Crippen LogP contribution >= 0.6 is 0 Å². The standard InChI is InChI=1S/C10H11N5O2/c11-3-5-15(6-4-12)7-8-1-2-9(17-8)10(16)14-13/h1-2H,5-7,13H2,(H,14,16). The summed E-state index contributed by atoms with van der Waals surface area (Å²) in [5.74, 6) is 5.02. The van der Waals surface area contributed by atoms with E-state index in [0.29, 0.717) is 12.3 Å². The molecule has 7 heteroatoms. The molecule has 17 heavy (non-hydrogen) atoms. The molecule has 0 atom stereocenters. The summed E-state index contributed by atoms with van der Waals surface area (Å²) in [5, 5.41) is 17.1. The molecular formula is C10H11N5O2. The Hall–Kier alpha value is -2.35. The predicted octanol–water partition coefficient (Wildman–Crippen LogP) is -0.268. The number of hydrogen-bond donors (Lipinski definition) is 2. The SMILES string of the molecule is N#CCN(CC#N)Cc1ccc(C(=O)NN)o1. The molecule has 1 aromatic heterocycles.